The molecule has 0 aliphatic carbocycles. The molecule has 1 fully saturated rings. The summed E-state index contributed by atoms with van der Waals surface area (Å²) in [6.45, 7) is 6.01. The number of piperazine rings is 1. The van der Waals surface area contributed by atoms with Gasteiger partial charge in [0.15, 0.2) is 0 Å². The van der Waals surface area contributed by atoms with E-state index in [-0.39, 0.29) is 5.91 Å². The zero-order valence-electron chi connectivity index (χ0n) is 13.8. The van der Waals surface area contributed by atoms with E-state index in [0.717, 1.165) is 60.6 Å². The monoisotopic (exact) mass is 323 g/mol. The highest BCUT2D eigenvalue weighted by atomic mass is 16.3. The van der Waals surface area contributed by atoms with Gasteiger partial charge in [0, 0.05) is 42.8 Å². The smallest absolute Gasteiger partial charge is 0.256 e. The third kappa shape index (κ3) is 2.71. The molecule has 5 heteroatoms. The fourth-order valence-corrected chi connectivity index (χ4v) is 3.44. The van der Waals surface area contributed by atoms with Crippen LogP contribution in [0.1, 0.15) is 21.8 Å². The number of carbonyl (C=O) groups excluding carboxylic acids is 1. The van der Waals surface area contributed by atoms with Crippen LogP contribution in [0.5, 0.6) is 0 Å². The number of nitrogens with one attached hydrogen (secondary N) is 1. The Morgan fingerprint density at radius 2 is 1.92 bits per heavy atom. The van der Waals surface area contributed by atoms with Gasteiger partial charge in [0.25, 0.3) is 5.91 Å². The van der Waals surface area contributed by atoms with Gasteiger partial charge in [0.05, 0.1) is 18.4 Å². The average Bonchev–Trinajstić information content (AvgIpc) is 3.21. The largest absolute Gasteiger partial charge is 0.468 e. The summed E-state index contributed by atoms with van der Waals surface area (Å²) in [6, 6.07) is 11.9. The second-order valence-corrected chi connectivity index (χ2v) is 6.32. The Hall–Kier alpha value is -2.53. The molecule has 0 unspecified atom stereocenters. The molecule has 0 spiro atoms. The summed E-state index contributed by atoms with van der Waals surface area (Å²) in [5, 5.41) is 1.01. The second kappa shape index (κ2) is 6.17. The molecule has 1 saturated heterocycles. The predicted octanol–water partition coefficient (Wildman–Crippen LogP) is 3.03. The van der Waals surface area contributed by atoms with Crippen molar-refractivity contribution < 1.29 is 9.21 Å². The van der Waals surface area contributed by atoms with Gasteiger partial charge in [-0.15, -0.1) is 0 Å². The van der Waals surface area contributed by atoms with Crippen LogP contribution in [0.3, 0.4) is 0 Å². The zero-order chi connectivity index (χ0) is 16.5. The first-order valence-corrected chi connectivity index (χ1v) is 8.33. The average molecular weight is 323 g/mol. The van der Waals surface area contributed by atoms with Crippen LogP contribution in [0.4, 0.5) is 0 Å². The highest BCUT2D eigenvalue weighted by Gasteiger charge is 2.25. The highest BCUT2D eigenvalue weighted by Crippen LogP contribution is 2.24. The summed E-state index contributed by atoms with van der Waals surface area (Å²) in [4.78, 5) is 20.6. The number of aromatic nitrogens is 1. The second-order valence-electron chi connectivity index (χ2n) is 6.32. The summed E-state index contributed by atoms with van der Waals surface area (Å²) in [5.74, 6) is 1.10. The minimum Gasteiger partial charge on any atom is -0.468 e. The van der Waals surface area contributed by atoms with Gasteiger partial charge in [0.2, 0.25) is 0 Å². The molecule has 1 N–H and O–H groups in total. The standard InChI is InChI=1S/C19H21N3O2/c1-14-18(16-6-2-3-7-17(16)20-14)19(23)22-10-8-21(9-11-22)13-15-5-4-12-24-15/h2-7,12,20H,8-11,13H2,1H3. The van der Waals surface area contributed by atoms with Gasteiger partial charge in [0.1, 0.15) is 5.76 Å². The zero-order valence-corrected chi connectivity index (χ0v) is 13.8. The lowest BCUT2D eigenvalue weighted by molar-refractivity contribution is 0.0621. The first-order chi connectivity index (χ1) is 11.7. The molecule has 124 valence electrons. The molecule has 24 heavy (non-hydrogen) atoms. The van der Waals surface area contributed by atoms with Gasteiger partial charge < -0.3 is 14.3 Å². The van der Waals surface area contributed by atoms with Gasteiger partial charge in [-0.25, -0.2) is 0 Å². The van der Waals surface area contributed by atoms with E-state index in [2.05, 4.69) is 9.88 Å². The number of carbonyl (C=O) groups is 1. The summed E-state index contributed by atoms with van der Waals surface area (Å²) < 4.78 is 5.41. The van der Waals surface area contributed by atoms with Gasteiger partial charge in [-0.2, -0.15) is 0 Å². The number of aryl methyl sites for hydroxylation is 1. The molecule has 0 radical (unpaired) electrons. The molecule has 1 aromatic carbocycles. The molecule has 3 aromatic rings. The number of fused-ring (bicyclic) bond motifs is 1. The van der Waals surface area contributed by atoms with E-state index < -0.39 is 0 Å². The first-order valence-electron chi connectivity index (χ1n) is 8.33. The number of rotatable bonds is 3. The molecule has 1 amide bonds. The normalized spacial score (nSPS) is 16.0. The first kappa shape index (κ1) is 15.0. The lowest BCUT2D eigenvalue weighted by Crippen LogP contribution is -2.48. The Bertz CT molecular complexity index is 843. The number of H-pyrrole nitrogens is 1. The van der Waals surface area contributed by atoms with E-state index in [1.807, 2.05) is 48.2 Å². The van der Waals surface area contributed by atoms with Crippen LogP contribution in [0.25, 0.3) is 10.9 Å². The predicted molar refractivity (Wildman–Crippen MR) is 92.9 cm³/mol. The Morgan fingerprint density at radius 1 is 1.12 bits per heavy atom. The van der Waals surface area contributed by atoms with Crippen molar-refractivity contribution in [2.24, 2.45) is 0 Å². The molecule has 1 aliphatic heterocycles. The maximum absolute atomic E-state index is 13.0. The number of para-hydroxylation sites is 1. The Morgan fingerprint density at radius 3 is 2.67 bits per heavy atom. The van der Waals surface area contributed by atoms with Crippen molar-refractivity contribution in [3.63, 3.8) is 0 Å². The van der Waals surface area contributed by atoms with Crippen molar-refractivity contribution in [1.82, 2.24) is 14.8 Å². The number of nitrogens with zero attached hydrogens (tertiary/aromatic N) is 2. The highest BCUT2D eigenvalue weighted by molar-refractivity contribution is 6.08. The Labute approximate surface area is 140 Å². The minimum atomic E-state index is 0.127. The molecule has 4 rings (SSSR count). The van der Waals surface area contributed by atoms with Crippen LogP contribution < -0.4 is 0 Å². The van der Waals surface area contributed by atoms with Crippen molar-refractivity contribution in [2.75, 3.05) is 26.2 Å². The summed E-state index contributed by atoms with van der Waals surface area (Å²) in [5.41, 5.74) is 2.78. The van der Waals surface area contributed by atoms with Gasteiger partial charge in [-0.05, 0) is 25.1 Å². The van der Waals surface area contributed by atoms with Crippen LogP contribution in [-0.2, 0) is 6.54 Å². The van der Waals surface area contributed by atoms with E-state index >= 15 is 0 Å². The van der Waals surface area contributed by atoms with Gasteiger partial charge >= 0.3 is 0 Å². The molecule has 5 nitrogen and oxygen atoms in total. The van der Waals surface area contributed by atoms with Crippen molar-refractivity contribution in [3.8, 4) is 0 Å². The third-order valence-corrected chi connectivity index (χ3v) is 4.73. The molecule has 3 heterocycles. The van der Waals surface area contributed by atoms with E-state index in [0.29, 0.717) is 0 Å². The molecule has 0 atom stereocenters. The topological polar surface area (TPSA) is 52.5 Å². The van der Waals surface area contributed by atoms with Crippen LogP contribution in [0.15, 0.2) is 47.1 Å². The number of hydrogen-bond acceptors (Lipinski definition) is 3. The van der Waals surface area contributed by atoms with Crippen molar-refractivity contribution in [3.05, 3.63) is 59.7 Å². The van der Waals surface area contributed by atoms with Crippen LogP contribution in [0, 0.1) is 6.92 Å². The number of hydrogen-bond donors (Lipinski definition) is 1. The van der Waals surface area contributed by atoms with Crippen LogP contribution in [0.2, 0.25) is 0 Å². The van der Waals surface area contributed by atoms with Crippen molar-refractivity contribution in [2.45, 2.75) is 13.5 Å². The van der Waals surface area contributed by atoms with Crippen LogP contribution >= 0.6 is 0 Å². The van der Waals surface area contributed by atoms with Gasteiger partial charge in [-0.1, -0.05) is 18.2 Å². The molecule has 0 bridgehead atoms. The lowest BCUT2D eigenvalue weighted by Gasteiger charge is -2.34. The van der Waals surface area contributed by atoms with E-state index in [4.69, 9.17) is 4.42 Å². The lowest BCUT2D eigenvalue weighted by atomic mass is 10.1. The summed E-state index contributed by atoms with van der Waals surface area (Å²) in [7, 11) is 0. The maximum Gasteiger partial charge on any atom is 0.256 e. The molecule has 2 aromatic heterocycles. The molecule has 0 saturated carbocycles. The Balaban J connectivity index is 1.47. The number of amides is 1. The van der Waals surface area contributed by atoms with E-state index in [1.54, 1.807) is 6.26 Å². The van der Waals surface area contributed by atoms with Crippen molar-refractivity contribution >= 4 is 16.8 Å². The van der Waals surface area contributed by atoms with Gasteiger partial charge in [-0.3, -0.25) is 9.69 Å². The number of aromatic amines is 1. The molecular formula is C19H21N3O2. The fraction of sp³-hybridized carbons (Fsp3) is 0.316. The molecular weight excluding hydrogens is 302 g/mol. The van der Waals surface area contributed by atoms with E-state index in [1.165, 1.54) is 0 Å². The van der Waals surface area contributed by atoms with E-state index in [9.17, 15) is 4.79 Å². The quantitative estimate of drug-likeness (QED) is 0.806. The fourth-order valence-electron chi connectivity index (χ4n) is 3.44. The molecule has 1 aliphatic rings. The Kier molecular flexibility index (Phi) is 3.86. The number of furan rings is 1. The summed E-state index contributed by atoms with van der Waals surface area (Å²) in [6.07, 6.45) is 1.70. The van der Waals surface area contributed by atoms with Crippen molar-refractivity contribution in [1.29, 1.82) is 0 Å². The SMILES string of the molecule is Cc1[nH]c2ccccc2c1C(=O)N1CCN(Cc2ccco2)CC1. The third-order valence-electron chi connectivity index (χ3n) is 4.73. The maximum atomic E-state index is 13.0. The minimum absolute atomic E-state index is 0.127. The summed E-state index contributed by atoms with van der Waals surface area (Å²) >= 11 is 0. The van der Waals surface area contributed by atoms with Crippen LogP contribution in [-0.4, -0.2) is 46.9 Å². The number of benzene rings is 1.